The topological polar surface area (TPSA) is 8.17 Å². The van der Waals surface area contributed by atoms with Crippen LogP contribution in [-0.2, 0) is 0 Å². The number of hydrogen-bond donors (Lipinski definition) is 0. The zero-order chi connectivity index (χ0) is 40.3. The lowest BCUT2D eigenvalue weighted by atomic mass is 9.97. The summed E-state index contributed by atoms with van der Waals surface area (Å²) in [4.78, 5) is 2.40. The van der Waals surface area contributed by atoms with E-state index < -0.39 is 0 Å². The summed E-state index contributed by atoms with van der Waals surface area (Å²) in [5.74, 6) is 0. The van der Waals surface area contributed by atoms with Crippen LogP contribution in [0.1, 0.15) is 0 Å². The summed E-state index contributed by atoms with van der Waals surface area (Å²) in [6.45, 7) is 0. The molecule has 286 valence electrons. The Morgan fingerprint density at radius 1 is 0.311 bits per heavy atom. The molecule has 0 saturated carbocycles. The molecule has 0 bridgehead atoms. The first kappa shape index (κ1) is 35.2. The molecule has 0 atom stereocenters. The lowest BCUT2D eigenvalue weighted by Gasteiger charge is -2.26. The van der Waals surface area contributed by atoms with Gasteiger partial charge in [-0.2, -0.15) is 0 Å². The third-order valence-electron chi connectivity index (χ3n) is 12.2. The minimum absolute atomic E-state index is 1.10. The number of fused-ring (bicyclic) bond motifs is 7. The minimum Gasteiger partial charge on any atom is -0.310 e. The van der Waals surface area contributed by atoms with Crippen LogP contribution in [0.2, 0.25) is 0 Å². The van der Waals surface area contributed by atoms with E-state index in [2.05, 4.69) is 240 Å². The van der Waals surface area contributed by atoms with E-state index in [-0.39, 0.29) is 0 Å². The quantitative estimate of drug-likeness (QED) is 0.156. The molecule has 2 heterocycles. The monoisotopic (exact) mass is 794 g/mol. The maximum absolute atomic E-state index is 2.42. The van der Waals surface area contributed by atoms with Crippen LogP contribution in [0.3, 0.4) is 0 Å². The van der Waals surface area contributed by atoms with Crippen molar-refractivity contribution in [3.8, 4) is 39.1 Å². The van der Waals surface area contributed by atoms with Crippen molar-refractivity contribution in [3.63, 3.8) is 0 Å². The van der Waals surface area contributed by atoms with Gasteiger partial charge in [-0.15, -0.1) is 11.3 Å². The van der Waals surface area contributed by atoms with Crippen LogP contribution < -0.4 is 4.90 Å². The van der Waals surface area contributed by atoms with Crippen LogP contribution >= 0.6 is 11.3 Å². The van der Waals surface area contributed by atoms with E-state index in [1.165, 1.54) is 91.8 Å². The Morgan fingerprint density at radius 2 is 0.869 bits per heavy atom. The smallest absolute Gasteiger partial charge is 0.0541 e. The van der Waals surface area contributed by atoms with Gasteiger partial charge in [-0.25, -0.2) is 0 Å². The predicted octanol–water partition coefficient (Wildman–Crippen LogP) is 16.8. The van der Waals surface area contributed by atoms with E-state index in [0.717, 1.165) is 17.1 Å². The van der Waals surface area contributed by atoms with Gasteiger partial charge in [0.25, 0.3) is 0 Å². The summed E-state index contributed by atoms with van der Waals surface area (Å²) in [5, 5.41) is 7.63. The molecule has 0 aliphatic heterocycles. The second kappa shape index (κ2) is 14.5. The molecule has 0 N–H and O–H groups in total. The summed E-state index contributed by atoms with van der Waals surface area (Å²) < 4.78 is 5.01. The Hall–Kier alpha value is -7.72. The Bertz CT molecular complexity index is 3550. The van der Waals surface area contributed by atoms with Crippen LogP contribution in [0.25, 0.3) is 91.8 Å². The van der Waals surface area contributed by atoms with E-state index in [4.69, 9.17) is 0 Å². The lowest BCUT2D eigenvalue weighted by molar-refractivity contribution is 1.18. The average Bonchev–Trinajstić information content (AvgIpc) is 3.87. The van der Waals surface area contributed by atoms with Crippen molar-refractivity contribution in [2.45, 2.75) is 0 Å². The highest BCUT2D eigenvalue weighted by Crippen LogP contribution is 2.43. The largest absolute Gasteiger partial charge is 0.310 e. The van der Waals surface area contributed by atoms with Crippen molar-refractivity contribution in [1.29, 1.82) is 0 Å². The summed E-state index contributed by atoms with van der Waals surface area (Å²) in [5.41, 5.74) is 14.1. The third kappa shape index (κ3) is 6.01. The fraction of sp³-hybridized carbons (Fsp3) is 0. The SMILES string of the molecule is c1cc(-c2ccc(N(c3cccc(-c4cccc5ccccc45)c3)c3ccc4c(c3)sc3ccccc34)cc2)cc(-c2ccccc2-n2c3ccccc3c3ccccc32)c1. The molecule has 12 aromatic rings. The molecule has 0 fully saturated rings. The normalized spacial score (nSPS) is 11.6. The van der Waals surface area contributed by atoms with E-state index >= 15 is 0 Å². The second-order valence-corrected chi connectivity index (χ2v) is 16.8. The van der Waals surface area contributed by atoms with Crippen molar-refractivity contribution in [3.05, 3.63) is 231 Å². The van der Waals surface area contributed by atoms with Crippen LogP contribution in [-0.4, -0.2) is 4.57 Å². The van der Waals surface area contributed by atoms with Gasteiger partial charge >= 0.3 is 0 Å². The molecule has 3 heteroatoms. The molecular weight excluding hydrogens is 757 g/mol. The van der Waals surface area contributed by atoms with Crippen LogP contribution in [0.4, 0.5) is 17.1 Å². The van der Waals surface area contributed by atoms with Crippen molar-refractivity contribution in [1.82, 2.24) is 4.57 Å². The first-order valence-corrected chi connectivity index (χ1v) is 21.6. The van der Waals surface area contributed by atoms with E-state index in [1.54, 1.807) is 0 Å². The van der Waals surface area contributed by atoms with Gasteiger partial charge < -0.3 is 9.47 Å². The number of benzene rings is 10. The molecule has 12 rings (SSSR count). The lowest BCUT2D eigenvalue weighted by Crippen LogP contribution is -2.10. The van der Waals surface area contributed by atoms with Gasteiger partial charge in [0.05, 0.1) is 16.7 Å². The molecular formula is C58H38N2S. The van der Waals surface area contributed by atoms with E-state index in [9.17, 15) is 0 Å². The van der Waals surface area contributed by atoms with E-state index in [1.807, 2.05) is 11.3 Å². The van der Waals surface area contributed by atoms with Crippen molar-refractivity contribution >= 4 is 81.1 Å². The number of para-hydroxylation sites is 3. The zero-order valence-electron chi connectivity index (χ0n) is 33.2. The Labute approximate surface area is 358 Å². The van der Waals surface area contributed by atoms with Gasteiger partial charge in [0.1, 0.15) is 0 Å². The maximum Gasteiger partial charge on any atom is 0.0541 e. The number of aromatic nitrogens is 1. The molecule has 0 aliphatic rings. The molecule has 0 aliphatic carbocycles. The maximum atomic E-state index is 2.42. The van der Waals surface area contributed by atoms with Gasteiger partial charge in [0, 0.05) is 53.6 Å². The molecule has 0 unspecified atom stereocenters. The number of rotatable bonds is 7. The highest BCUT2D eigenvalue weighted by atomic mass is 32.1. The highest BCUT2D eigenvalue weighted by Gasteiger charge is 2.18. The molecule has 2 aromatic heterocycles. The van der Waals surface area contributed by atoms with Crippen LogP contribution in [0.15, 0.2) is 231 Å². The number of thiophene rings is 1. The Kier molecular flexibility index (Phi) is 8.39. The van der Waals surface area contributed by atoms with Gasteiger partial charge in [-0.05, 0) is 105 Å². The van der Waals surface area contributed by atoms with Crippen molar-refractivity contribution in [2.75, 3.05) is 4.90 Å². The minimum atomic E-state index is 1.10. The molecule has 10 aromatic carbocycles. The summed E-state index contributed by atoms with van der Waals surface area (Å²) in [7, 11) is 0. The molecule has 0 spiro atoms. The Balaban J connectivity index is 0.956. The number of hydrogen-bond acceptors (Lipinski definition) is 2. The summed E-state index contributed by atoms with van der Waals surface area (Å²) >= 11 is 1.86. The molecule has 0 saturated heterocycles. The fourth-order valence-electron chi connectivity index (χ4n) is 9.35. The number of nitrogens with zero attached hydrogens (tertiary/aromatic N) is 2. The average molecular weight is 795 g/mol. The molecule has 0 radical (unpaired) electrons. The van der Waals surface area contributed by atoms with Gasteiger partial charge in [-0.1, -0.05) is 164 Å². The molecule has 61 heavy (non-hydrogen) atoms. The molecule has 0 amide bonds. The fourth-order valence-corrected chi connectivity index (χ4v) is 10.5. The summed E-state index contributed by atoms with van der Waals surface area (Å²) in [6.07, 6.45) is 0. The van der Waals surface area contributed by atoms with Gasteiger partial charge in [0.15, 0.2) is 0 Å². The van der Waals surface area contributed by atoms with E-state index in [0.29, 0.717) is 0 Å². The Morgan fingerprint density at radius 3 is 1.69 bits per heavy atom. The first-order valence-electron chi connectivity index (χ1n) is 20.8. The standard InChI is InChI=1S/C58H38N2S/c1-2-20-47-40(14-1)15-13-25-48(47)43-18-12-19-45(37-43)59(46-34-35-53-52-24-6-10-29-57(52)61-58(53)38-46)44-32-30-39(31-33-44)41-16-11-17-42(36-41)49-21-3-7-26-54(49)60-55-27-8-4-22-50(55)51-23-5-9-28-56(51)60/h1-38H. The first-order chi connectivity index (χ1) is 30.2. The van der Waals surface area contributed by atoms with Crippen molar-refractivity contribution in [2.24, 2.45) is 0 Å². The third-order valence-corrected chi connectivity index (χ3v) is 13.3. The zero-order valence-corrected chi connectivity index (χ0v) is 34.1. The van der Waals surface area contributed by atoms with Crippen LogP contribution in [0.5, 0.6) is 0 Å². The van der Waals surface area contributed by atoms with Crippen molar-refractivity contribution < 1.29 is 0 Å². The highest BCUT2D eigenvalue weighted by molar-refractivity contribution is 7.25. The van der Waals surface area contributed by atoms with Gasteiger partial charge in [0.2, 0.25) is 0 Å². The second-order valence-electron chi connectivity index (χ2n) is 15.7. The summed E-state index contributed by atoms with van der Waals surface area (Å²) in [6, 6.07) is 84.2. The van der Waals surface area contributed by atoms with Crippen LogP contribution in [0, 0.1) is 0 Å². The molecule has 2 nitrogen and oxygen atoms in total. The number of anilines is 3. The predicted molar refractivity (Wildman–Crippen MR) is 262 cm³/mol. The van der Waals surface area contributed by atoms with Gasteiger partial charge in [-0.3, -0.25) is 0 Å².